The van der Waals surface area contributed by atoms with Crippen LogP contribution < -0.4 is 5.32 Å². The van der Waals surface area contributed by atoms with Gasteiger partial charge in [0.2, 0.25) is 11.7 Å². The molecule has 0 aliphatic carbocycles. The van der Waals surface area contributed by atoms with Gasteiger partial charge in [0.15, 0.2) is 6.04 Å². The van der Waals surface area contributed by atoms with Crippen molar-refractivity contribution in [2.75, 3.05) is 6.54 Å². The second-order valence-corrected chi connectivity index (χ2v) is 6.90. The van der Waals surface area contributed by atoms with Gasteiger partial charge < -0.3 is 10.4 Å². The molecule has 0 spiro atoms. The summed E-state index contributed by atoms with van der Waals surface area (Å²) in [6.45, 7) is 6.88. The maximum atomic E-state index is 12.6. The average Bonchev–Trinajstić information content (AvgIpc) is 3.03. The van der Waals surface area contributed by atoms with Crippen molar-refractivity contribution in [1.82, 2.24) is 25.5 Å². The van der Waals surface area contributed by atoms with E-state index in [1.54, 1.807) is 13.8 Å². The second kappa shape index (κ2) is 7.42. The van der Waals surface area contributed by atoms with E-state index in [-0.39, 0.29) is 18.4 Å². The van der Waals surface area contributed by atoms with Gasteiger partial charge in [-0.25, -0.2) is 0 Å². The number of carbonyl (C=O) groups excluding carboxylic acids is 1. The zero-order valence-electron chi connectivity index (χ0n) is 14.8. The van der Waals surface area contributed by atoms with Gasteiger partial charge >= 0.3 is 5.97 Å². The summed E-state index contributed by atoms with van der Waals surface area (Å²) in [6.07, 6.45) is 0. The first-order valence-corrected chi connectivity index (χ1v) is 8.08. The molecular weight excluding hydrogens is 322 g/mol. The largest absolute Gasteiger partial charge is 0.481 e. The lowest BCUT2D eigenvalue weighted by Gasteiger charge is -2.23. The quantitative estimate of drug-likeness (QED) is 0.791. The Labute approximate surface area is 146 Å². The summed E-state index contributed by atoms with van der Waals surface area (Å²) < 4.78 is 0. The number of hydrogen-bond donors (Lipinski definition) is 2. The van der Waals surface area contributed by atoms with Crippen molar-refractivity contribution >= 4 is 11.9 Å². The number of nitrogens with zero attached hydrogens (tertiary/aromatic N) is 4. The van der Waals surface area contributed by atoms with Gasteiger partial charge in [0.05, 0.1) is 5.41 Å². The molecule has 0 saturated carbocycles. The molecule has 134 valence electrons. The highest BCUT2D eigenvalue weighted by atomic mass is 16.4. The third-order valence-electron chi connectivity index (χ3n) is 3.89. The highest BCUT2D eigenvalue weighted by Crippen LogP contribution is 2.20. The van der Waals surface area contributed by atoms with Crippen LogP contribution in [0.1, 0.15) is 33.7 Å². The molecule has 0 radical (unpaired) electrons. The number of nitrogens with one attached hydrogen (secondary N) is 1. The van der Waals surface area contributed by atoms with Crippen LogP contribution in [0.4, 0.5) is 0 Å². The smallest absolute Gasteiger partial charge is 0.310 e. The monoisotopic (exact) mass is 345 g/mol. The number of benzene rings is 1. The van der Waals surface area contributed by atoms with E-state index in [0.29, 0.717) is 5.82 Å². The molecule has 8 heteroatoms. The van der Waals surface area contributed by atoms with Crippen molar-refractivity contribution in [2.24, 2.45) is 11.3 Å². The fraction of sp³-hybridized carbons (Fsp3) is 0.471. The van der Waals surface area contributed by atoms with Gasteiger partial charge in [-0.3, -0.25) is 9.59 Å². The number of carboxylic acids is 1. The minimum absolute atomic E-state index is 0.0185. The molecule has 0 bridgehead atoms. The SMILES string of the molecule is CC(C)C(C(=O)NCC(C)(C)C(=O)O)n1nnc(-c2ccccc2)n1. The summed E-state index contributed by atoms with van der Waals surface area (Å²) in [5.41, 5.74) is -0.244. The summed E-state index contributed by atoms with van der Waals surface area (Å²) in [5.74, 6) is -0.962. The summed E-state index contributed by atoms with van der Waals surface area (Å²) in [6, 6.07) is 8.69. The van der Waals surface area contributed by atoms with Gasteiger partial charge in [0, 0.05) is 12.1 Å². The van der Waals surface area contributed by atoms with Crippen LogP contribution in [0.15, 0.2) is 30.3 Å². The summed E-state index contributed by atoms with van der Waals surface area (Å²) >= 11 is 0. The first kappa shape index (κ1) is 18.6. The lowest BCUT2D eigenvalue weighted by Crippen LogP contribution is -2.43. The summed E-state index contributed by atoms with van der Waals surface area (Å²) in [7, 11) is 0. The fourth-order valence-corrected chi connectivity index (χ4v) is 2.21. The maximum Gasteiger partial charge on any atom is 0.310 e. The van der Waals surface area contributed by atoms with Crippen molar-refractivity contribution in [3.05, 3.63) is 30.3 Å². The topological polar surface area (TPSA) is 110 Å². The molecule has 1 aromatic carbocycles. The number of carbonyl (C=O) groups is 2. The molecule has 8 nitrogen and oxygen atoms in total. The molecule has 1 heterocycles. The first-order valence-electron chi connectivity index (χ1n) is 8.08. The Kier molecular flexibility index (Phi) is 5.51. The van der Waals surface area contributed by atoms with Gasteiger partial charge in [-0.05, 0) is 25.0 Å². The van der Waals surface area contributed by atoms with Crippen LogP contribution in [0.2, 0.25) is 0 Å². The van der Waals surface area contributed by atoms with Crippen LogP contribution in [0.3, 0.4) is 0 Å². The van der Waals surface area contributed by atoms with Crippen molar-refractivity contribution in [3.63, 3.8) is 0 Å². The molecule has 2 rings (SSSR count). The van der Waals surface area contributed by atoms with Crippen molar-refractivity contribution in [3.8, 4) is 11.4 Å². The summed E-state index contributed by atoms with van der Waals surface area (Å²) in [4.78, 5) is 25.0. The molecule has 0 aliphatic heterocycles. The minimum Gasteiger partial charge on any atom is -0.481 e. The molecule has 0 aliphatic rings. The fourth-order valence-electron chi connectivity index (χ4n) is 2.21. The van der Waals surface area contributed by atoms with Gasteiger partial charge in [-0.15, -0.1) is 10.2 Å². The van der Waals surface area contributed by atoms with Crippen molar-refractivity contribution in [1.29, 1.82) is 0 Å². The van der Waals surface area contributed by atoms with E-state index in [0.717, 1.165) is 5.56 Å². The third-order valence-corrected chi connectivity index (χ3v) is 3.89. The first-order chi connectivity index (χ1) is 11.7. The Bertz CT molecular complexity index is 740. The zero-order chi connectivity index (χ0) is 18.6. The van der Waals surface area contributed by atoms with Crippen LogP contribution in [-0.4, -0.2) is 43.7 Å². The van der Waals surface area contributed by atoms with Gasteiger partial charge in [0.25, 0.3) is 0 Å². The Morgan fingerprint density at radius 3 is 2.44 bits per heavy atom. The number of amides is 1. The molecule has 25 heavy (non-hydrogen) atoms. The van der Waals surface area contributed by atoms with Gasteiger partial charge in [0.1, 0.15) is 0 Å². The predicted octanol–water partition coefficient (Wildman–Crippen LogP) is 1.76. The molecule has 2 aromatic rings. The molecular formula is C17H23N5O3. The number of aliphatic carboxylic acids is 1. The molecule has 1 amide bonds. The molecule has 0 fully saturated rings. The lowest BCUT2D eigenvalue weighted by atomic mass is 9.93. The molecule has 1 aromatic heterocycles. The van der Waals surface area contributed by atoms with Crippen LogP contribution in [-0.2, 0) is 9.59 Å². The number of tetrazole rings is 1. The molecule has 1 unspecified atom stereocenters. The molecule has 2 N–H and O–H groups in total. The second-order valence-electron chi connectivity index (χ2n) is 6.90. The van der Waals surface area contributed by atoms with Gasteiger partial charge in [-0.2, -0.15) is 4.80 Å². The van der Waals surface area contributed by atoms with Crippen molar-refractivity contribution in [2.45, 2.75) is 33.7 Å². The van der Waals surface area contributed by atoms with E-state index in [9.17, 15) is 9.59 Å². The Morgan fingerprint density at radius 1 is 1.24 bits per heavy atom. The average molecular weight is 345 g/mol. The predicted molar refractivity (Wildman–Crippen MR) is 91.6 cm³/mol. The Balaban J connectivity index is 2.17. The lowest BCUT2D eigenvalue weighted by molar-refractivity contribution is -0.146. The van der Waals surface area contributed by atoms with Gasteiger partial charge in [-0.1, -0.05) is 44.2 Å². The number of aromatic nitrogens is 4. The number of rotatable bonds is 7. The number of carboxylic acid groups (broad SMARTS) is 1. The summed E-state index contributed by atoms with van der Waals surface area (Å²) in [5, 5.41) is 24.2. The standard InChI is InChI=1S/C17H23N5O3/c1-11(2)13(15(23)18-10-17(3,4)16(24)25)22-20-14(19-21-22)12-8-6-5-7-9-12/h5-9,11,13H,10H2,1-4H3,(H,18,23)(H,24,25). The normalized spacial score (nSPS) is 12.8. The van der Waals surface area contributed by atoms with Crippen LogP contribution in [0.25, 0.3) is 11.4 Å². The maximum absolute atomic E-state index is 12.6. The van der Waals surface area contributed by atoms with Crippen molar-refractivity contribution < 1.29 is 14.7 Å². The Hall–Kier alpha value is -2.77. The van der Waals surface area contributed by atoms with E-state index < -0.39 is 17.4 Å². The van der Waals surface area contributed by atoms with Crippen LogP contribution in [0.5, 0.6) is 0 Å². The van der Waals surface area contributed by atoms with Crippen LogP contribution >= 0.6 is 0 Å². The molecule has 0 saturated heterocycles. The zero-order valence-corrected chi connectivity index (χ0v) is 14.8. The highest BCUT2D eigenvalue weighted by Gasteiger charge is 2.31. The third kappa shape index (κ3) is 4.40. The Morgan fingerprint density at radius 2 is 1.88 bits per heavy atom. The van der Waals surface area contributed by atoms with E-state index in [4.69, 9.17) is 5.11 Å². The van der Waals surface area contributed by atoms with Crippen LogP contribution in [0, 0.1) is 11.3 Å². The van der Waals surface area contributed by atoms with E-state index in [2.05, 4.69) is 20.7 Å². The van der Waals surface area contributed by atoms with E-state index >= 15 is 0 Å². The minimum atomic E-state index is -1.05. The highest BCUT2D eigenvalue weighted by molar-refractivity contribution is 5.81. The number of hydrogen-bond acceptors (Lipinski definition) is 5. The van der Waals surface area contributed by atoms with E-state index in [1.165, 1.54) is 4.80 Å². The molecule has 1 atom stereocenters. The van der Waals surface area contributed by atoms with E-state index in [1.807, 2.05) is 44.2 Å².